The van der Waals surface area contributed by atoms with Crippen molar-refractivity contribution in [2.24, 2.45) is 0 Å². The molecule has 0 fully saturated rings. The second-order valence-electron chi connectivity index (χ2n) is 3.75. The van der Waals surface area contributed by atoms with Crippen molar-refractivity contribution >= 4 is 0 Å². The number of hydrogen-bond donors (Lipinski definition) is 1. The summed E-state index contributed by atoms with van der Waals surface area (Å²) in [6, 6.07) is 9.35. The Morgan fingerprint density at radius 2 is 2.06 bits per heavy atom. The third-order valence-corrected chi connectivity index (χ3v) is 2.40. The molecule has 0 aliphatic heterocycles. The lowest BCUT2D eigenvalue weighted by atomic mass is 10.3. The lowest BCUT2D eigenvalue weighted by molar-refractivity contribution is 0.238. The zero-order valence-corrected chi connectivity index (χ0v) is 10.5. The van der Waals surface area contributed by atoms with Crippen molar-refractivity contribution in [1.29, 1.82) is 0 Å². The van der Waals surface area contributed by atoms with Crippen LogP contribution in [-0.4, -0.2) is 19.3 Å². The van der Waals surface area contributed by atoms with Gasteiger partial charge < -0.3 is 19.3 Å². The van der Waals surface area contributed by atoms with Gasteiger partial charge in [-0.1, -0.05) is 17.3 Å². The number of nitrogens with zero attached hydrogens (tertiary/aromatic N) is 1. The van der Waals surface area contributed by atoms with E-state index in [2.05, 4.69) is 10.5 Å². The van der Waals surface area contributed by atoms with Gasteiger partial charge in [0.2, 0.25) is 0 Å². The Kier molecular flexibility index (Phi) is 4.20. The molecular formula is C13H16N2O3. The van der Waals surface area contributed by atoms with Crippen LogP contribution in [-0.2, 0) is 13.2 Å². The fourth-order valence-electron chi connectivity index (χ4n) is 1.58. The monoisotopic (exact) mass is 248 g/mol. The minimum absolute atomic E-state index is 0.330. The molecule has 0 radical (unpaired) electrons. The first-order valence-electron chi connectivity index (χ1n) is 5.68. The molecule has 18 heavy (non-hydrogen) atoms. The quantitative estimate of drug-likeness (QED) is 0.847. The van der Waals surface area contributed by atoms with Gasteiger partial charge in [-0.15, -0.1) is 0 Å². The van der Waals surface area contributed by atoms with Crippen LogP contribution in [0.15, 0.2) is 34.9 Å². The van der Waals surface area contributed by atoms with Gasteiger partial charge in [-0.05, 0) is 19.2 Å². The van der Waals surface area contributed by atoms with Crippen molar-refractivity contribution < 1.29 is 14.0 Å². The normalized spacial score (nSPS) is 10.3. The van der Waals surface area contributed by atoms with E-state index in [1.54, 1.807) is 7.11 Å². The molecule has 96 valence electrons. The first-order valence-corrected chi connectivity index (χ1v) is 5.68. The molecule has 0 atom stereocenters. The molecule has 0 aliphatic rings. The molecule has 0 saturated carbocycles. The molecule has 0 bridgehead atoms. The predicted molar refractivity (Wildman–Crippen MR) is 66.6 cm³/mol. The van der Waals surface area contributed by atoms with Crippen molar-refractivity contribution in [1.82, 2.24) is 10.5 Å². The summed E-state index contributed by atoms with van der Waals surface area (Å²) in [6.45, 7) is 1.01. The summed E-state index contributed by atoms with van der Waals surface area (Å²) in [7, 11) is 3.47. The summed E-state index contributed by atoms with van der Waals surface area (Å²) in [5, 5.41) is 6.92. The highest BCUT2D eigenvalue weighted by atomic mass is 16.5. The van der Waals surface area contributed by atoms with E-state index in [0.29, 0.717) is 30.4 Å². The van der Waals surface area contributed by atoms with Crippen molar-refractivity contribution in [2.75, 3.05) is 14.2 Å². The Hall–Kier alpha value is -2.01. The van der Waals surface area contributed by atoms with Crippen molar-refractivity contribution in [2.45, 2.75) is 13.2 Å². The molecule has 1 N–H and O–H groups in total. The topological polar surface area (TPSA) is 56.5 Å². The van der Waals surface area contributed by atoms with Crippen LogP contribution in [0.4, 0.5) is 0 Å². The van der Waals surface area contributed by atoms with Crippen LogP contribution in [0.1, 0.15) is 11.5 Å². The van der Waals surface area contributed by atoms with E-state index >= 15 is 0 Å². The second kappa shape index (κ2) is 6.07. The molecule has 1 aromatic heterocycles. The number of nitrogens with one attached hydrogen (secondary N) is 1. The average Bonchev–Trinajstić information content (AvgIpc) is 2.85. The molecule has 2 aromatic rings. The van der Waals surface area contributed by atoms with Gasteiger partial charge in [0.15, 0.2) is 17.3 Å². The minimum Gasteiger partial charge on any atom is -0.493 e. The highest BCUT2D eigenvalue weighted by molar-refractivity contribution is 5.39. The largest absolute Gasteiger partial charge is 0.493 e. The van der Waals surface area contributed by atoms with Crippen molar-refractivity contribution in [3.8, 4) is 11.5 Å². The molecule has 0 amide bonds. The van der Waals surface area contributed by atoms with E-state index in [9.17, 15) is 0 Å². The molecular weight excluding hydrogens is 232 g/mol. The number of para-hydroxylation sites is 2. The Labute approximate surface area is 106 Å². The highest BCUT2D eigenvalue weighted by Crippen LogP contribution is 2.26. The molecule has 5 heteroatoms. The third kappa shape index (κ3) is 3.01. The minimum atomic E-state index is 0.330. The Bertz CT molecular complexity index is 496. The summed E-state index contributed by atoms with van der Waals surface area (Å²) in [5.74, 6) is 2.07. The summed E-state index contributed by atoms with van der Waals surface area (Å²) in [5.41, 5.74) is 0.858. The molecule has 1 aromatic carbocycles. The van der Waals surface area contributed by atoms with Gasteiger partial charge >= 0.3 is 0 Å². The number of ether oxygens (including phenoxy) is 2. The van der Waals surface area contributed by atoms with Crippen LogP contribution in [0.25, 0.3) is 0 Å². The molecule has 2 rings (SSSR count). The van der Waals surface area contributed by atoms with E-state index in [1.165, 1.54) is 0 Å². The van der Waals surface area contributed by atoms with E-state index in [4.69, 9.17) is 14.0 Å². The van der Waals surface area contributed by atoms with Crippen LogP contribution < -0.4 is 14.8 Å². The number of benzene rings is 1. The van der Waals surface area contributed by atoms with Crippen LogP contribution in [0.5, 0.6) is 11.5 Å². The van der Waals surface area contributed by atoms with Gasteiger partial charge in [-0.25, -0.2) is 0 Å². The molecule has 5 nitrogen and oxygen atoms in total. The Balaban J connectivity index is 1.97. The Morgan fingerprint density at radius 1 is 1.28 bits per heavy atom. The standard InChI is InChI=1S/C13H16N2O3/c1-14-8-10-7-11(18-15-10)9-17-13-6-4-3-5-12(13)16-2/h3-7,14H,8-9H2,1-2H3. The van der Waals surface area contributed by atoms with Crippen molar-refractivity contribution in [3.63, 3.8) is 0 Å². The van der Waals surface area contributed by atoms with E-state index < -0.39 is 0 Å². The van der Waals surface area contributed by atoms with Gasteiger partial charge in [0, 0.05) is 12.6 Å². The van der Waals surface area contributed by atoms with E-state index in [0.717, 1.165) is 5.69 Å². The van der Waals surface area contributed by atoms with Crippen LogP contribution in [0.3, 0.4) is 0 Å². The Morgan fingerprint density at radius 3 is 2.78 bits per heavy atom. The first kappa shape index (κ1) is 12.4. The fraction of sp³-hybridized carbons (Fsp3) is 0.308. The van der Waals surface area contributed by atoms with Crippen LogP contribution in [0.2, 0.25) is 0 Å². The molecule has 0 aliphatic carbocycles. The SMILES string of the molecule is CNCc1cc(COc2ccccc2OC)on1. The van der Waals surface area contributed by atoms with E-state index in [-0.39, 0.29) is 0 Å². The average molecular weight is 248 g/mol. The maximum absolute atomic E-state index is 5.63. The molecule has 0 unspecified atom stereocenters. The highest BCUT2D eigenvalue weighted by Gasteiger charge is 2.07. The molecule has 1 heterocycles. The van der Waals surface area contributed by atoms with Crippen LogP contribution >= 0.6 is 0 Å². The lowest BCUT2D eigenvalue weighted by Crippen LogP contribution is -2.04. The molecule has 0 spiro atoms. The van der Waals surface area contributed by atoms with E-state index in [1.807, 2.05) is 37.4 Å². The first-order chi connectivity index (χ1) is 8.83. The predicted octanol–water partition coefficient (Wildman–Crippen LogP) is 1.98. The summed E-state index contributed by atoms with van der Waals surface area (Å²) < 4.78 is 16.0. The van der Waals surface area contributed by atoms with Gasteiger partial charge in [0.25, 0.3) is 0 Å². The van der Waals surface area contributed by atoms with Gasteiger partial charge in [-0.2, -0.15) is 0 Å². The number of hydrogen-bond acceptors (Lipinski definition) is 5. The summed E-state index contributed by atoms with van der Waals surface area (Å²) >= 11 is 0. The zero-order chi connectivity index (χ0) is 12.8. The maximum Gasteiger partial charge on any atom is 0.174 e. The maximum atomic E-state index is 5.63. The number of rotatable bonds is 6. The summed E-state index contributed by atoms with van der Waals surface area (Å²) in [4.78, 5) is 0. The molecule has 0 saturated heterocycles. The zero-order valence-electron chi connectivity index (χ0n) is 10.5. The number of methoxy groups -OCH3 is 1. The number of aromatic nitrogens is 1. The summed E-state index contributed by atoms with van der Waals surface area (Å²) in [6.07, 6.45) is 0. The van der Waals surface area contributed by atoms with Gasteiger partial charge in [-0.3, -0.25) is 0 Å². The van der Waals surface area contributed by atoms with Crippen LogP contribution in [0, 0.1) is 0 Å². The second-order valence-corrected chi connectivity index (χ2v) is 3.75. The van der Waals surface area contributed by atoms with Gasteiger partial charge in [0.1, 0.15) is 6.61 Å². The lowest BCUT2D eigenvalue weighted by Gasteiger charge is -2.08. The third-order valence-electron chi connectivity index (χ3n) is 2.40. The smallest absolute Gasteiger partial charge is 0.174 e. The van der Waals surface area contributed by atoms with Crippen molar-refractivity contribution in [3.05, 3.63) is 41.8 Å². The van der Waals surface area contributed by atoms with Gasteiger partial charge in [0.05, 0.1) is 12.8 Å². The fourth-order valence-corrected chi connectivity index (χ4v) is 1.58.